The third-order valence-corrected chi connectivity index (χ3v) is 2.18. The Morgan fingerprint density at radius 3 is 2.40 bits per heavy atom. The van der Waals surface area contributed by atoms with Crippen molar-refractivity contribution < 1.29 is 9.90 Å². The molecule has 0 amide bonds. The summed E-state index contributed by atoms with van der Waals surface area (Å²) in [7, 11) is 3.90. The van der Waals surface area contributed by atoms with Gasteiger partial charge in [-0.15, -0.1) is 0 Å². The normalized spacial score (nSPS) is 10.6. The van der Waals surface area contributed by atoms with Gasteiger partial charge in [-0.2, -0.15) is 0 Å². The quantitative estimate of drug-likeness (QED) is 0.794. The highest BCUT2D eigenvalue weighted by Gasteiger charge is 2.04. The van der Waals surface area contributed by atoms with Gasteiger partial charge < -0.3 is 10.0 Å². The van der Waals surface area contributed by atoms with Crippen LogP contribution in [0.5, 0.6) is 5.75 Å². The molecule has 82 valence electrons. The average molecular weight is 207 g/mol. The number of hydrogen-bond donors (Lipinski definition) is 1. The number of carbonyl (C=O) groups is 1. The molecule has 0 saturated carbocycles. The van der Waals surface area contributed by atoms with Crippen LogP contribution in [-0.4, -0.2) is 36.4 Å². The van der Waals surface area contributed by atoms with E-state index in [-0.39, 0.29) is 11.5 Å². The van der Waals surface area contributed by atoms with E-state index in [0.29, 0.717) is 12.8 Å². The zero-order chi connectivity index (χ0) is 11.3. The van der Waals surface area contributed by atoms with Crippen LogP contribution in [0.1, 0.15) is 12.0 Å². The van der Waals surface area contributed by atoms with Crippen molar-refractivity contribution in [3.05, 3.63) is 29.8 Å². The summed E-state index contributed by atoms with van der Waals surface area (Å²) in [5.74, 6) is 0.467. The van der Waals surface area contributed by atoms with Gasteiger partial charge in [-0.05, 0) is 31.8 Å². The molecule has 15 heavy (non-hydrogen) atoms. The molecule has 0 bridgehead atoms. The summed E-state index contributed by atoms with van der Waals surface area (Å²) in [5, 5.41) is 9.08. The van der Waals surface area contributed by atoms with Gasteiger partial charge in [0, 0.05) is 19.4 Å². The van der Waals surface area contributed by atoms with Gasteiger partial charge >= 0.3 is 0 Å². The molecule has 1 aromatic carbocycles. The number of benzene rings is 1. The molecule has 1 N–H and O–H groups in total. The standard InChI is InChI=1S/C12H17NO2/c1-13(2)8-7-12(15)9-10-3-5-11(14)6-4-10/h3-6,14H,7-9H2,1-2H3. The maximum Gasteiger partial charge on any atom is 0.138 e. The van der Waals surface area contributed by atoms with Crippen molar-refractivity contribution in [1.29, 1.82) is 0 Å². The SMILES string of the molecule is CN(C)CCC(=O)Cc1ccc(O)cc1. The molecule has 0 fully saturated rings. The topological polar surface area (TPSA) is 40.5 Å². The van der Waals surface area contributed by atoms with Crippen molar-refractivity contribution in [2.45, 2.75) is 12.8 Å². The molecular weight excluding hydrogens is 190 g/mol. The number of phenolic OH excluding ortho intramolecular Hbond substituents is 1. The van der Waals surface area contributed by atoms with Gasteiger partial charge in [-0.25, -0.2) is 0 Å². The Morgan fingerprint density at radius 1 is 1.27 bits per heavy atom. The first-order valence-electron chi connectivity index (χ1n) is 5.02. The van der Waals surface area contributed by atoms with Crippen LogP contribution >= 0.6 is 0 Å². The Morgan fingerprint density at radius 2 is 1.87 bits per heavy atom. The number of hydrogen-bond acceptors (Lipinski definition) is 3. The number of phenols is 1. The summed E-state index contributed by atoms with van der Waals surface area (Å²) >= 11 is 0. The second-order valence-corrected chi connectivity index (χ2v) is 3.94. The molecule has 0 aliphatic carbocycles. The molecular formula is C12H17NO2. The van der Waals surface area contributed by atoms with Gasteiger partial charge in [-0.3, -0.25) is 4.79 Å². The smallest absolute Gasteiger partial charge is 0.138 e. The van der Waals surface area contributed by atoms with E-state index in [1.54, 1.807) is 24.3 Å². The predicted molar refractivity (Wildman–Crippen MR) is 60.0 cm³/mol. The first-order chi connectivity index (χ1) is 7.08. The highest BCUT2D eigenvalue weighted by atomic mass is 16.3. The average Bonchev–Trinajstić information content (AvgIpc) is 2.19. The van der Waals surface area contributed by atoms with E-state index in [1.807, 2.05) is 19.0 Å². The Kier molecular flexibility index (Phi) is 4.31. The fourth-order valence-electron chi connectivity index (χ4n) is 1.28. The third-order valence-electron chi connectivity index (χ3n) is 2.18. The summed E-state index contributed by atoms with van der Waals surface area (Å²) < 4.78 is 0. The minimum Gasteiger partial charge on any atom is -0.508 e. The first-order valence-corrected chi connectivity index (χ1v) is 5.02. The lowest BCUT2D eigenvalue weighted by Gasteiger charge is -2.08. The van der Waals surface area contributed by atoms with Crippen molar-refractivity contribution >= 4 is 5.78 Å². The molecule has 0 radical (unpaired) electrons. The van der Waals surface area contributed by atoms with Gasteiger partial charge in [0.25, 0.3) is 0 Å². The number of Topliss-reactive ketones (excluding diaryl/α,β-unsaturated/α-hetero) is 1. The number of aromatic hydroxyl groups is 1. The fraction of sp³-hybridized carbons (Fsp3) is 0.417. The van der Waals surface area contributed by atoms with E-state index < -0.39 is 0 Å². The molecule has 1 rings (SSSR count). The van der Waals surface area contributed by atoms with Gasteiger partial charge in [0.05, 0.1) is 0 Å². The molecule has 0 aliphatic rings. The van der Waals surface area contributed by atoms with E-state index in [4.69, 9.17) is 5.11 Å². The fourth-order valence-corrected chi connectivity index (χ4v) is 1.28. The number of ketones is 1. The Hall–Kier alpha value is -1.35. The molecule has 0 spiro atoms. The van der Waals surface area contributed by atoms with E-state index >= 15 is 0 Å². The van der Waals surface area contributed by atoms with E-state index in [2.05, 4.69) is 0 Å². The molecule has 0 saturated heterocycles. The summed E-state index contributed by atoms with van der Waals surface area (Å²) in [6.07, 6.45) is 1.03. The molecule has 1 aromatic rings. The molecule has 3 nitrogen and oxygen atoms in total. The monoisotopic (exact) mass is 207 g/mol. The molecule has 0 unspecified atom stereocenters. The second kappa shape index (κ2) is 5.51. The summed E-state index contributed by atoms with van der Waals surface area (Å²) in [6.45, 7) is 0.789. The largest absolute Gasteiger partial charge is 0.508 e. The highest BCUT2D eigenvalue weighted by molar-refractivity contribution is 5.81. The maximum absolute atomic E-state index is 11.5. The van der Waals surface area contributed by atoms with Crippen LogP contribution in [0, 0.1) is 0 Å². The predicted octanol–water partition coefficient (Wildman–Crippen LogP) is 1.46. The molecule has 0 aliphatic heterocycles. The molecule has 0 atom stereocenters. The van der Waals surface area contributed by atoms with E-state index in [1.165, 1.54) is 0 Å². The van der Waals surface area contributed by atoms with Crippen LogP contribution in [0.4, 0.5) is 0 Å². The van der Waals surface area contributed by atoms with Gasteiger partial charge in [-0.1, -0.05) is 12.1 Å². The van der Waals surface area contributed by atoms with Crippen LogP contribution in [0.2, 0.25) is 0 Å². The Bertz CT molecular complexity index is 317. The minimum atomic E-state index is 0.231. The summed E-state index contributed by atoms with van der Waals surface area (Å²) in [4.78, 5) is 13.5. The van der Waals surface area contributed by atoms with Crippen LogP contribution < -0.4 is 0 Å². The lowest BCUT2D eigenvalue weighted by atomic mass is 10.1. The van der Waals surface area contributed by atoms with Gasteiger partial charge in [0.15, 0.2) is 0 Å². The van der Waals surface area contributed by atoms with Gasteiger partial charge in [0.2, 0.25) is 0 Å². The van der Waals surface area contributed by atoms with Crippen LogP contribution in [-0.2, 0) is 11.2 Å². The van der Waals surface area contributed by atoms with Crippen LogP contribution in [0.25, 0.3) is 0 Å². The number of nitrogens with zero attached hydrogens (tertiary/aromatic N) is 1. The van der Waals surface area contributed by atoms with Crippen molar-refractivity contribution in [2.24, 2.45) is 0 Å². The third kappa shape index (κ3) is 4.61. The lowest BCUT2D eigenvalue weighted by molar-refractivity contribution is -0.118. The Labute approximate surface area is 90.3 Å². The summed E-state index contributed by atoms with van der Waals surface area (Å²) in [5.41, 5.74) is 0.955. The van der Waals surface area contributed by atoms with Crippen molar-refractivity contribution in [1.82, 2.24) is 4.90 Å². The van der Waals surface area contributed by atoms with Gasteiger partial charge in [0.1, 0.15) is 11.5 Å². The minimum absolute atomic E-state index is 0.231. The Balaban J connectivity index is 2.41. The highest BCUT2D eigenvalue weighted by Crippen LogP contribution is 2.10. The second-order valence-electron chi connectivity index (χ2n) is 3.94. The zero-order valence-electron chi connectivity index (χ0n) is 9.23. The van der Waals surface area contributed by atoms with Crippen LogP contribution in [0.15, 0.2) is 24.3 Å². The molecule has 3 heteroatoms. The molecule has 0 aromatic heterocycles. The van der Waals surface area contributed by atoms with Crippen LogP contribution in [0.3, 0.4) is 0 Å². The first kappa shape index (κ1) is 11.7. The van der Waals surface area contributed by atoms with E-state index in [0.717, 1.165) is 12.1 Å². The summed E-state index contributed by atoms with van der Waals surface area (Å²) in [6, 6.07) is 6.77. The number of carbonyl (C=O) groups excluding carboxylic acids is 1. The van der Waals surface area contributed by atoms with E-state index in [9.17, 15) is 4.79 Å². The van der Waals surface area contributed by atoms with Crippen molar-refractivity contribution in [3.8, 4) is 5.75 Å². The van der Waals surface area contributed by atoms with Crippen molar-refractivity contribution in [3.63, 3.8) is 0 Å². The number of rotatable bonds is 5. The van der Waals surface area contributed by atoms with Crippen molar-refractivity contribution in [2.75, 3.05) is 20.6 Å². The zero-order valence-corrected chi connectivity index (χ0v) is 9.23. The molecule has 0 heterocycles. The maximum atomic E-state index is 11.5. The lowest BCUT2D eigenvalue weighted by Crippen LogP contribution is -2.17.